The van der Waals surface area contributed by atoms with Crippen molar-refractivity contribution in [1.82, 2.24) is 0 Å². The summed E-state index contributed by atoms with van der Waals surface area (Å²) in [5.41, 5.74) is 1.08. The van der Waals surface area contributed by atoms with Crippen LogP contribution in [0.1, 0.15) is 32.6 Å². The van der Waals surface area contributed by atoms with E-state index in [0.29, 0.717) is 10.9 Å². The molecule has 0 spiro atoms. The predicted molar refractivity (Wildman–Crippen MR) is 80.9 cm³/mol. The Balaban J connectivity index is 2.13. The smallest absolute Gasteiger partial charge is 0.178 e. The first-order valence-corrected chi connectivity index (χ1v) is 8.94. The summed E-state index contributed by atoms with van der Waals surface area (Å²) in [5, 5.41) is 8.95. The summed E-state index contributed by atoms with van der Waals surface area (Å²) in [6, 6.07) is 7.68. The van der Waals surface area contributed by atoms with E-state index in [0.717, 1.165) is 37.9 Å². The number of aliphatic hydroxyl groups excluding tert-OH is 1. The van der Waals surface area contributed by atoms with Crippen LogP contribution in [0.4, 0.5) is 5.69 Å². The SMILES string of the molecule is CCS(=O)(=O)c1ccc(N2CCCC2CCCO)cc1. The van der Waals surface area contributed by atoms with Crippen molar-refractivity contribution in [2.45, 2.75) is 43.5 Å². The molecule has 1 atom stereocenters. The second-order valence-electron chi connectivity index (χ2n) is 5.25. The Labute approximate surface area is 121 Å². The minimum atomic E-state index is -3.12. The molecule has 0 amide bonds. The van der Waals surface area contributed by atoms with E-state index < -0.39 is 9.84 Å². The third-order valence-corrected chi connectivity index (χ3v) is 5.73. The number of hydrogen-bond acceptors (Lipinski definition) is 4. The van der Waals surface area contributed by atoms with Crippen LogP contribution in [0, 0.1) is 0 Å². The van der Waals surface area contributed by atoms with E-state index >= 15 is 0 Å². The van der Waals surface area contributed by atoms with Crippen LogP contribution in [0.15, 0.2) is 29.2 Å². The molecule has 0 aromatic heterocycles. The van der Waals surface area contributed by atoms with Gasteiger partial charge in [-0.1, -0.05) is 6.92 Å². The number of aliphatic hydroxyl groups is 1. The van der Waals surface area contributed by atoms with Gasteiger partial charge in [-0.25, -0.2) is 8.42 Å². The Morgan fingerprint density at radius 2 is 2.00 bits per heavy atom. The first-order valence-electron chi connectivity index (χ1n) is 7.29. The van der Waals surface area contributed by atoms with Crippen molar-refractivity contribution in [3.05, 3.63) is 24.3 Å². The van der Waals surface area contributed by atoms with Gasteiger partial charge >= 0.3 is 0 Å². The zero-order valence-corrected chi connectivity index (χ0v) is 12.8. The lowest BCUT2D eigenvalue weighted by atomic mass is 10.1. The maximum atomic E-state index is 11.8. The van der Waals surface area contributed by atoms with Gasteiger partial charge in [0, 0.05) is 24.9 Å². The number of anilines is 1. The largest absolute Gasteiger partial charge is 0.396 e. The summed E-state index contributed by atoms with van der Waals surface area (Å²) in [7, 11) is -3.12. The van der Waals surface area contributed by atoms with E-state index in [1.54, 1.807) is 19.1 Å². The van der Waals surface area contributed by atoms with Crippen LogP contribution in [0.3, 0.4) is 0 Å². The van der Waals surface area contributed by atoms with E-state index in [2.05, 4.69) is 4.90 Å². The minimum absolute atomic E-state index is 0.134. The Hall–Kier alpha value is -1.07. The number of nitrogens with zero attached hydrogens (tertiary/aromatic N) is 1. The molecule has 1 aromatic rings. The van der Waals surface area contributed by atoms with Crippen molar-refractivity contribution < 1.29 is 13.5 Å². The highest BCUT2D eigenvalue weighted by Crippen LogP contribution is 2.28. The van der Waals surface area contributed by atoms with E-state index in [-0.39, 0.29) is 12.4 Å². The molecule has 0 radical (unpaired) electrons. The molecule has 1 N–H and O–H groups in total. The van der Waals surface area contributed by atoms with Gasteiger partial charge in [-0.3, -0.25) is 0 Å². The fraction of sp³-hybridized carbons (Fsp3) is 0.600. The minimum Gasteiger partial charge on any atom is -0.396 e. The Morgan fingerprint density at radius 1 is 1.30 bits per heavy atom. The monoisotopic (exact) mass is 297 g/mol. The summed E-state index contributed by atoms with van der Waals surface area (Å²) < 4.78 is 23.6. The van der Waals surface area contributed by atoms with Gasteiger partial charge in [0.05, 0.1) is 10.6 Å². The highest BCUT2D eigenvalue weighted by Gasteiger charge is 2.24. The molecular weight excluding hydrogens is 274 g/mol. The van der Waals surface area contributed by atoms with Crippen LogP contribution < -0.4 is 4.90 Å². The summed E-state index contributed by atoms with van der Waals surface area (Å²) in [4.78, 5) is 2.73. The second kappa shape index (κ2) is 6.59. The third kappa shape index (κ3) is 3.33. The van der Waals surface area contributed by atoms with E-state index in [1.165, 1.54) is 0 Å². The van der Waals surface area contributed by atoms with Crippen LogP contribution in [0.5, 0.6) is 0 Å². The van der Waals surface area contributed by atoms with Gasteiger partial charge in [-0.2, -0.15) is 0 Å². The molecule has 0 aliphatic carbocycles. The summed E-state index contributed by atoms with van der Waals surface area (Å²) in [5.74, 6) is 0.134. The first kappa shape index (κ1) is 15.3. The Kier molecular flexibility index (Phi) is 5.05. The van der Waals surface area contributed by atoms with Gasteiger partial charge in [0.15, 0.2) is 9.84 Å². The van der Waals surface area contributed by atoms with Gasteiger partial charge in [-0.15, -0.1) is 0 Å². The van der Waals surface area contributed by atoms with Crippen LogP contribution in [0.2, 0.25) is 0 Å². The molecule has 112 valence electrons. The molecule has 1 fully saturated rings. The maximum Gasteiger partial charge on any atom is 0.178 e. The number of sulfone groups is 1. The summed E-state index contributed by atoms with van der Waals surface area (Å²) in [6.45, 7) is 2.91. The van der Waals surface area contributed by atoms with Crippen LogP contribution in [-0.4, -0.2) is 38.5 Å². The lowest BCUT2D eigenvalue weighted by Gasteiger charge is -2.27. The first-order chi connectivity index (χ1) is 9.58. The number of benzene rings is 1. The van der Waals surface area contributed by atoms with E-state index in [4.69, 9.17) is 5.11 Å². The summed E-state index contributed by atoms with van der Waals surface area (Å²) >= 11 is 0. The van der Waals surface area contributed by atoms with Crippen LogP contribution in [-0.2, 0) is 9.84 Å². The molecular formula is C15H23NO3S. The summed E-state index contributed by atoms with van der Waals surface area (Å²) in [6.07, 6.45) is 4.12. The van der Waals surface area contributed by atoms with Crippen LogP contribution >= 0.6 is 0 Å². The van der Waals surface area contributed by atoms with Crippen molar-refractivity contribution in [2.24, 2.45) is 0 Å². The van der Waals surface area contributed by atoms with Gasteiger partial charge < -0.3 is 10.0 Å². The molecule has 1 saturated heterocycles. The molecule has 1 aliphatic rings. The average molecular weight is 297 g/mol. The van der Waals surface area contributed by atoms with Gasteiger partial charge in [-0.05, 0) is 49.9 Å². The topological polar surface area (TPSA) is 57.6 Å². The average Bonchev–Trinajstić information content (AvgIpc) is 2.93. The van der Waals surface area contributed by atoms with Crippen molar-refractivity contribution in [3.8, 4) is 0 Å². The Bertz CT molecular complexity index is 525. The molecule has 4 nitrogen and oxygen atoms in total. The quantitative estimate of drug-likeness (QED) is 0.874. The lowest BCUT2D eigenvalue weighted by Crippen LogP contribution is -2.29. The van der Waals surface area contributed by atoms with Crippen molar-refractivity contribution >= 4 is 15.5 Å². The van der Waals surface area contributed by atoms with Crippen molar-refractivity contribution in [3.63, 3.8) is 0 Å². The molecule has 0 saturated carbocycles. The van der Waals surface area contributed by atoms with Gasteiger partial charge in [0.1, 0.15) is 0 Å². The number of hydrogen-bond donors (Lipinski definition) is 1. The van der Waals surface area contributed by atoms with Gasteiger partial charge in [0.25, 0.3) is 0 Å². The molecule has 1 heterocycles. The normalized spacial score (nSPS) is 19.5. The molecule has 1 aromatic carbocycles. The molecule has 1 aliphatic heterocycles. The molecule has 20 heavy (non-hydrogen) atoms. The van der Waals surface area contributed by atoms with Crippen molar-refractivity contribution in [2.75, 3.05) is 23.8 Å². The maximum absolute atomic E-state index is 11.8. The zero-order valence-electron chi connectivity index (χ0n) is 12.0. The standard InChI is InChI=1S/C15H23NO3S/c1-2-20(18,19)15-9-7-14(8-10-15)16-11-3-5-13(16)6-4-12-17/h7-10,13,17H,2-6,11-12H2,1H3. The number of rotatable bonds is 6. The van der Waals surface area contributed by atoms with Crippen LogP contribution in [0.25, 0.3) is 0 Å². The Morgan fingerprint density at radius 3 is 2.60 bits per heavy atom. The fourth-order valence-electron chi connectivity index (χ4n) is 2.81. The molecule has 5 heteroatoms. The fourth-order valence-corrected chi connectivity index (χ4v) is 3.70. The highest BCUT2D eigenvalue weighted by molar-refractivity contribution is 7.91. The second-order valence-corrected chi connectivity index (χ2v) is 7.53. The molecule has 0 bridgehead atoms. The van der Waals surface area contributed by atoms with Gasteiger partial charge in [0.2, 0.25) is 0 Å². The zero-order chi connectivity index (χ0) is 14.6. The van der Waals surface area contributed by atoms with Crippen molar-refractivity contribution in [1.29, 1.82) is 0 Å². The molecule has 1 unspecified atom stereocenters. The third-order valence-electron chi connectivity index (χ3n) is 3.98. The molecule has 2 rings (SSSR count). The predicted octanol–water partition coefficient (Wildman–Crippen LogP) is 2.22. The lowest BCUT2D eigenvalue weighted by molar-refractivity contribution is 0.279. The van der Waals surface area contributed by atoms with E-state index in [9.17, 15) is 8.42 Å². The van der Waals surface area contributed by atoms with E-state index in [1.807, 2.05) is 12.1 Å². The highest BCUT2D eigenvalue weighted by atomic mass is 32.2.